The average Bonchev–Trinajstić information content (AvgIpc) is 3.40. The van der Waals surface area contributed by atoms with Crippen LogP contribution in [-0.4, -0.2) is 74.0 Å². The van der Waals surface area contributed by atoms with Crippen molar-refractivity contribution in [3.8, 4) is 23.1 Å². The van der Waals surface area contributed by atoms with Gasteiger partial charge in [0, 0.05) is 38.1 Å². The molecule has 2 aliphatic rings. The van der Waals surface area contributed by atoms with E-state index in [9.17, 15) is 14.0 Å². The van der Waals surface area contributed by atoms with Crippen molar-refractivity contribution in [2.45, 2.75) is 31.7 Å². The molecule has 2 unspecified atom stereocenters. The summed E-state index contributed by atoms with van der Waals surface area (Å²) in [5.41, 5.74) is 2.95. The molecule has 2 saturated heterocycles. The summed E-state index contributed by atoms with van der Waals surface area (Å²) >= 11 is 0. The zero-order valence-electron chi connectivity index (χ0n) is 27.4. The lowest BCUT2D eigenvalue weighted by molar-refractivity contribution is -0.132. The summed E-state index contributed by atoms with van der Waals surface area (Å²) < 4.78 is 57.8. The van der Waals surface area contributed by atoms with Gasteiger partial charge in [0.1, 0.15) is 42.8 Å². The molecule has 2 aliphatic heterocycles. The first kappa shape index (κ1) is 34.0. The number of fused-ring (bicyclic) bond motifs is 2. The highest BCUT2D eigenvalue weighted by molar-refractivity contribution is 6.09. The molecule has 0 spiro atoms. The van der Waals surface area contributed by atoms with E-state index in [4.69, 9.17) is 23.7 Å². The van der Waals surface area contributed by atoms with Gasteiger partial charge in [0.2, 0.25) is 17.7 Å². The molecule has 2 atom stereocenters. The number of piperidine rings is 1. The van der Waals surface area contributed by atoms with Gasteiger partial charge < -0.3 is 29.0 Å². The van der Waals surface area contributed by atoms with Crippen LogP contribution in [0.4, 0.5) is 14.5 Å². The predicted molar refractivity (Wildman–Crippen MR) is 174 cm³/mol. The largest absolute Gasteiger partial charge is 0.487 e. The number of halogens is 2. The van der Waals surface area contributed by atoms with Gasteiger partial charge >= 0.3 is 0 Å². The minimum atomic E-state index is -1.38. The van der Waals surface area contributed by atoms with Gasteiger partial charge in [-0.15, -0.1) is 0 Å². The Morgan fingerprint density at radius 3 is 2.45 bits per heavy atom. The highest BCUT2D eigenvalue weighted by Gasteiger charge is 2.60. The van der Waals surface area contributed by atoms with Crippen molar-refractivity contribution in [2.24, 2.45) is 5.92 Å². The molecule has 0 saturated carbocycles. The number of ether oxygens (including phenoxy) is 5. The fraction of sp³-hybridized carbons (Fsp3) is 0.371. The summed E-state index contributed by atoms with van der Waals surface area (Å²) in [5.74, 6) is -2.20. The van der Waals surface area contributed by atoms with E-state index in [0.29, 0.717) is 78.6 Å². The lowest BCUT2D eigenvalue weighted by Gasteiger charge is -2.43. The van der Waals surface area contributed by atoms with Crippen LogP contribution in [0.2, 0.25) is 0 Å². The van der Waals surface area contributed by atoms with Crippen molar-refractivity contribution in [3.63, 3.8) is 0 Å². The van der Waals surface area contributed by atoms with Gasteiger partial charge in [-0.1, -0.05) is 0 Å². The minimum absolute atomic E-state index is 0.0244. The van der Waals surface area contributed by atoms with Crippen molar-refractivity contribution in [2.75, 3.05) is 52.5 Å². The van der Waals surface area contributed by atoms with Crippen molar-refractivity contribution in [3.05, 3.63) is 77.6 Å². The second-order valence-electron chi connectivity index (χ2n) is 11.8. The Morgan fingerprint density at radius 1 is 0.959 bits per heavy atom. The third-order valence-electron chi connectivity index (χ3n) is 8.72. The standard InChI is InChI=1S/C35H37F2N5O7/c1-21-16-23(40-32(43)31-33(44)41-42-11-5-4-10-35(31,42)25-17-22(36)6-8-26(25)37)7-9-28(21)49-34-24-18-29(47-14-12-45-2)30(48-15-13-46-3)19-27(24)38-20-39-34/h6-9,16-20,31H,4-5,10-15H2,1-3H3,(H,40,43)(H,41,44). The van der Waals surface area contributed by atoms with Crippen LogP contribution in [0.15, 0.2) is 54.9 Å². The number of anilines is 1. The number of hydrogen-bond donors (Lipinski definition) is 2. The molecular weight excluding hydrogens is 640 g/mol. The fourth-order valence-corrected chi connectivity index (χ4v) is 6.45. The molecule has 1 aromatic heterocycles. The summed E-state index contributed by atoms with van der Waals surface area (Å²) in [6, 6.07) is 11.6. The number of benzene rings is 3. The summed E-state index contributed by atoms with van der Waals surface area (Å²) in [6.07, 6.45) is 3.05. The van der Waals surface area contributed by atoms with Crippen LogP contribution in [0, 0.1) is 24.5 Å². The lowest BCUT2D eigenvalue weighted by Crippen LogP contribution is -2.53. The summed E-state index contributed by atoms with van der Waals surface area (Å²) in [6.45, 7) is 3.56. The van der Waals surface area contributed by atoms with E-state index in [1.54, 1.807) is 56.5 Å². The number of nitrogens with zero attached hydrogens (tertiary/aromatic N) is 3. The van der Waals surface area contributed by atoms with Gasteiger partial charge in [-0.25, -0.2) is 23.8 Å². The molecule has 4 aromatic rings. The third-order valence-corrected chi connectivity index (χ3v) is 8.72. The zero-order valence-corrected chi connectivity index (χ0v) is 27.4. The number of amides is 2. The normalized spacial score (nSPS) is 19.0. The number of carbonyl (C=O) groups excluding carboxylic acids is 2. The first-order valence-corrected chi connectivity index (χ1v) is 15.9. The van der Waals surface area contributed by atoms with Crippen LogP contribution in [-0.2, 0) is 24.6 Å². The summed E-state index contributed by atoms with van der Waals surface area (Å²) in [5, 5.41) is 4.98. The Kier molecular flexibility index (Phi) is 10.2. The van der Waals surface area contributed by atoms with Gasteiger partial charge in [0.05, 0.1) is 29.7 Å². The maximum absolute atomic E-state index is 15.2. The third kappa shape index (κ3) is 6.84. The molecule has 0 aliphatic carbocycles. The smallest absolute Gasteiger partial charge is 0.249 e. The lowest BCUT2D eigenvalue weighted by atomic mass is 9.72. The Morgan fingerprint density at radius 2 is 1.71 bits per heavy atom. The van der Waals surface area contributed by atoms with E-state index in [1.807, 2.05) is 0 Å². The maximum atomic E-state index is 15.2. The number of hydrogen-bond acceptors (Lipinski definition) is 10. The van der Waals surface area contributed by atoms with Gasteiger partial charge in [-0.05, 0) is 74.2 Å². The number of nitrogens with one attached hydrogen (secondary N) is 2. The molecule has 3 heterocycles. The zero-order chi connectivity index (χ0) is 34.5. The molecule has 0 bridgehead atoms. The number of rotatable bonds is 13. The summed E-state index contributed by atoms with van der Waals surface area (Å²) in [7, 11) is 3.17. The van der Waals surface area contributed by atoms with Crippen LogP contribution in [0.1, 0.15) is 30.4 Å². The quantitative estimate of drug-likeness (QED) is 0.147. The number of hydrazine groups is 1. The SMILES string of the molecule is COCCOc1cc2ncnc(Oc3ccc(NC(=O)C4C(=O)NN5CCCCC45c4cc(F)ccc4F)cc3C)c2cc1OCCOC. The minimum Gasteiger partial charge on any atom is -0.487 e. The Hall–Kier alpha value is -4.92. The number of aryl methyl sites for hydroxylation is 1. The monoisotopic (exact) mass is 677 g/mol. The van der Waals surface area contributed by atoms with Crippen LogP contribution < -0.4 is 25.0 Å². The Labute approximate surface area is 281 Å². The van der Waals surface area contributed by atoms with Crippen molar-refractivity contribution >= 4 is 28.4 Å². The Bertz CT molecular complexity index is 1860. The van der Waals surface area contributed by atoms with E-state index in [1.165, 1.54) is 6.33 Å². The number of methoxy groups -OCH3 is 2. The van der Waals surface area contributed by atoms with Gasteiger partial charge in [0.15, 0.2) is 11.5 Å². The molecule has 2 fully saturated rings. The summed E-state index contributed by atoms with van der Waals surface area (Å²) in [4.78, 5) is 35.8. The van der Waals surface area contributed by atoms with Gasteiger partial charge in [0.25, 0.3) is 0 Å². The van der Waals surface area contributed by atoms with E-state index in [2.05, 4.69) is 20.7 Å². The van der Waals surface area contributed by atoms with E-state index < -0.39 is 34.9 Å². The molecule has 3 aromatic carbocycles. The van der Waals surface area contributed by atoms with Crippen LogP contribution >= 0.6 is 0 Å². The van der Waals surface area contributed by atoms with Crippen molar-refractivity contribution in [1.29, 1.82) is 0 Å². The molecule has 49 heavy (non-hydrogen) atoms. The first-order chi connectivity index (χ1) is 23.7. The van der Waals surface area contributed by atoms with Crippen LogP contribution in [0.25, 0.3) is 10.9 Å². The molecule has 2 N–H and O–H groups in total. The maximum Gasteiger partial charge on any atom is 0.249 e. The van der Waals surface area contributed by atoms with Crippen molar-refractivity contribution in [1.82, 2.24) is 20.4 Å². The number of aromatic nitrogens is 2. The second-order valence-corrected chi connectivity index (χ2v) is 11.8. The fourth-order valence-electron chi connectivity index (χ4n) is 6.45. The molecule has 6 rings (SSSR count). The molecule has 12 nitrogen and oxygen atoms in total. The Balaban J connectivity index is 1.25. The van der Waals surface area contributed by atoms with Gasteiger partial charge in [-0.2, -0.15) is 0 Å². The second kappa shape index (κ2) is 14.7. The topological polar surface area (TPSA) is 133 Å². The predicted octanol–water partition coefficient (Wildman–Crippen LogP) is 5.04. The average molecular weight is 678 g/mol. The molecule has 14 heteroatoms. The highest BCUT2D eigenvalue weighted by atomic mass is 19.1. The van der Waals surface area contributed by atoms with E-state index >= 15 is 4.39 Å². The van der Waals surface area contributed by atoms with E-state index in [-0.39, 0.29) is 18.1 Å². The number of carbonyl (C=O) groups is 2. The van der Waals surface area contributed by atoms with Crippen LogP contribution in [0.3, 0.4) is 0 Å². The van der Waals surface area contributed by atoms with E-state index in [0.717, 1.165) is 24.6 Å². The van der Waals surface area contributed by atoms with Crippen molar-refractivity contribution < 1.29 is 42.1 Å². The highest BCUT2D eigenvalue weighted by Crippen LogP contribution is 2.48. The van der Waals surface area contributed by atoms with Gasteiger partial charge in [-0.3, -0.25) is 15.0 Å². The molecule has 258 valence electrons. The molecule has 0 radical (unpaired) electrons. The first-order valence-electron chi connectivity index (χ1n) is 15.9. The molecular formula is C35H37F2N5O7. The molecule has 2 amide bonds. The van der Waals surface area contributed by atoms with Crippen LogP contribution in [0.5, 0.6) is 23.1 Å².